The first-order valence-electron chi connectivity index (χ1n) is 5.43. The van der Waals surface area contributed by atoms with Crippen LogP contribution in [0.2, 0.25) is 0 Å². The molecule has 1 aromatic rings. The molecule has 0 saturated heterocycles. The van der Waals surface area contributed by atoms with Crippen molar-refractivity contribution in [3.8, 4) is 6.07 Å². The molecule has 0 aliphatic heterocycles. The van der Waals surface area contributed by atoms with E-state index in [0.29, 0.717) is 5.69 Å². The zero-order chi connectivity index (χ0) is 11.1. The quantitative estimate of drug-likeness (QED) is 0.738. The lowest BCUT2D eigenvalue weighted by atomic mass is 10.2. The van der Waals surface area contributed by atoms with Gasteiger partial charge in [0.25, 0.3) is 0 Å². The Morgan fingerprint density at radius 2 is 2.27 bits per heavy atom. The molecule has 0 N–H and O–H groups in total. The van der Waals surface area contributed by atoms with Gasteiger partial charge < -0.3 is 4.90 Å². The maximum absolute atomic E-state index is 8.76. The van der Waals surface area contributed by atoms with Gasteiger partial charge in [0.2, 0.25) is 0 Å². The van der Waals surface area contributed by atoms with Crippen molar-refractivity contribution in [2.45, 2.75) is 26.7 Å². The molecule has 3 heteroatoms. The van der Waals surface area contributed by atoms with Gasteiger partial charge in [-0.05, 0) is 25.5 Å². The number of nitrogens with zero attached hydrogens (tertiary/aromatic N) is 3. The number of rotatable bonds is 5. The van der Waals surface area contributed by atoms with Gasteiger partial charge >= 0.3 is 0 Å². The Balaban J connectivity index is 2.78. The monoisotopic (exact) mass is 203 g/mol. The molecule has 0 aliphatic carbocycles. The van der Waals surface area contributed by atoms with Gasteiger partial charge in [0.05, 0.1) is 0 Å². The molecule has 0 bridgehead atoms. The Hall–Kier alpha value is -1.56. The zero-order valence-corrected chi connectivity index (χ0v) is 9.40. The van der Waals surface area contributed by atoms with E-state index in [1.807, 2.05) is 12.1 Å². The average molecular weight is 203 g/mol. The van der Waals surface area contributed by atoms with Gasteiger partial charge in [0.15, 0.2) is 0 Å². The first kappa shape index (κ1) is 11.5. The van der Waals surface area contributed by atoms with Gasteiger partial charge in [-0.3, -0.25) is 0 Å². The van der Waals surface area contributed by atoms with E-state index in [1.165, 1.54) is 12.8 Å². The predicted molar refractivity (Wildman–Crippen MR) is 61.7 cm³/mol. The van der Waals surface area contributed by atoms with Crippen molar-refractivity contribution in [1.29, 1.82) is 5.26 Å². The van der Waals surface area contributed by atoms with Crippen molar-refractivity contribution in [1.82, 2.24) is 4.98 Å². The Morgan fingerprint density at radius 3 is 2.87 bits per heavy atom. The topological polar surface area (TPSA) is 39.9 Å². The molecule has 1 heterocycles. The molecular formula is C12H17N3. The number of pyridine rings is 1. The number of unbranched alkanes of at least 4 members (excludes halogenated alkanes) is 1. The summed E-state index contributed by atoms with van der Waals surface area (Å²) >= 11 is 0. The van der Waals surface area contributed by atoms with E-state index in [2.05, 4.69) is 29.8 Å². The molecule has 0 aliphatic rings. The summed E-state index contributed by atoms with van der Waals surface area (Å²) in [5.41, 5.74) is 1.58. The molecule has 0 amide bonds. The van der Waals surface area contributed by atoms with Crippen LogP contribution in [0.3, 0.4) is 0 Å². The standard InChI is InChI=1S/C12H17N3/c1-3-5-8-15(4-2)12-6-7-14-11(9-12)10-13/h6-7,9H,3-5,8H2,1-2H3. The number of nitriles is 1. The summed E-state index contributed by atoms with van der Waals surface area (Å²) in [6, 6.07) is 5.87. The minimum Gasteiger partial charge on any atom is -0.372 e. The molecule has 0 atom stereocenters. The molecule has 3 nitrogen and oxygen atoms in total. The molecule has 15 heavy (non-hydrogen) atoms. The molecule has 0 spiro atoms. The molecule has 0 saturated carbocycles. The molecule has 0 fully saturated rings. The van der Waals surface area contributed by atoms with Crippen LogP contribution in [0.15, 0.2) is 18.3 Å². The number of anilines is 1. The first-order valence-corrected chi connectivity index (χ1v) is 5.43. The Morgan fingerprint density at radius 1 is 1.47 bits per heavy atom. The second-order valence-corrected chi connectivity index (χ2v) is 3.44. The van der Waals surface area contributed by atoms with Gasteiger partial charge in [-0.2, -0.15) is 5.26 Å². The molecule has 1 aromatic heterocycles. The van der Waals surface area contributed by atoms with Gasteiger partial charge in [0, 0.05) is 25.0 Å². The van der Waals surface area contributed by atoms with E-state index < -0.39 is 0 Å². The molecular weight excluding hydrogens is 186 g/mol. The second kappa shape index (κ2) is 6.02. The van der Waals surface area contributed by atoms with Crippen molar-refractivity contribution in [3.05, 3.63) is 24.0 Å². The molecule has 0 aromatic carbocycles. The van der Waals surface area contributed by atoms with Crippen molar-refractivity contribution >= 4 is 5.69 Å². The fourth-order valence-electron chi connectivity index (χ4n) is 1.50. The third kappa shape index (κ3) is 3.25. The molecule has 1 rings (SSSR count). The van der Waals surface area contributed by atoms with Crippen LogP contribution in [0.4, 0.5) is 5.69 Å². The van der Waals surface area contributed by atoms with Crippen molar-refractivity contribution < 1.29 is 0 Å². The van der Waals surface area contributed by atoms with E-state index in [-0.39, 0.29) is 0 Å². The maximum atomic E-state index is 8.76. The van der Waals surface area contributed by atoms with Crippen LogP contribution in [0.1, 0.15) is 32.4 Å². The lowest BCUT2D eigenvalue weighted by molar-refractivity contribution is 0.731. The van der Waals surface area contributed by atoms with Gasteiger partial charge in [0.1, 0.15) is 11.8 Å². The van der Waals surface area contributed by atoms with Crippen LogP contribution in [-0.4, -0.2) is 18.1 Å². The Bertz CT molecular complexity index is 341. The highest BCUT2D eigenvalue weighted by atomic mass is 15.1. The highest BCUT2D eigenvalue weighted by Gasteiger charge is 2.04. The summed E-state index contributed by atoms with van der Waals surface area (Å²) in [7, 11) is 0. The summed E-state index contributed by atoms with van der Waals surface area (Å²) < 4.78 is 0. The predicted octanol–water partition coefficient (Wildman–Crippen LogP) is 2.58. The minimum absolute atomic E-state index is 0.488. The largest absolute Gasteiger partial charge is 0.372 e. The van der Waals surface area contributed by atoms with E-state index >= 15 is 0 Å². The highest BCUT2D eigenvalue weighted by Crippen LogP contribution is 2.14. The summed E-state index contributed by atoms with van der Waals surface area (Å²) in [4.78, 5) is 6.24. The number of aromatic nitrogens is 1. The van der Waals surface area contributed by atoms with E-state index in [1.54, 1.807) is 6.20 Å². The van der Waals surface area contributed by atoms with Crippen LogP contribution < -0.4 is 4.90 Å². The van der Waals surface area contributed by atoms with Gasteiger partial charge in [-0.25, -0.2) is 4.98 Å². The summed E-state index contributed by atoms with van der Waals surface area (Å²) in [5, 5.41) is 8.76. The maximum Gasteiger partial charge on any atom is 0.142 e. The fraction of sp³-hybridized carbons (Fsp3) is 0.500. The average Bonchev–Trinajstić information content (AvgIpc) is 2.30. The van der Waals surface area contributed by atoms with E-state index in [9.17, 15) is 0 Å². The van der Waals surface area contributed by atoms with Crippen molar-refractivity contribution in [2.75, 3.05) is 18.0 Å². The van der Waals surface area contributed by atoms with Crippen LogP contribution in [0.5, 0.6) is 0 Å². The second-order valence-electron chi connectivity index (χ2n) is 3.44. The lowest BCUT2D eigenvalue weighted by Crippen LogP contribution is -2.23. The van der Waals surface area contributed by atoms with Crippen molar-refractivity contribution in [2.24, 2.45) is 0 Å². The number of hydrogen-bond acceptors (Lipinski definition) is 3. The molecule has 0 unspecified atom stereocenters. The van der Waals surface area contributed by atoms with Crippen LogP contribution in [0.25, 0.3) is 0 Å². The van der Waals surface area contributed by atoms with Gasteiger partial charge in [-0.1, -0.05) is 13.3 Å². The molecule has 0 radical (unpaired) electrons. The third-order valence-electron chi connectivity index (χ3n) is 2.39. The van der Waals surface area contributed by atoms with Crippen LogP contribution >= 0.6 is 0 Å². The lowest BCUT2D eigenvalue weighted by Gasteiger charge is -2.22. The van der Waals surface area contributed by atoms with Crippen LogP contribution in [-0.2, 0) is 0 Å². The normalized spacial score (nSPS) is 9.67. The smallest absolute Gasteiger partial charge is 0.142 e. The zero-order valence-electron chi connectivity index (χ0n) is 9.40. The Kier molecular flexibility index (Phi) is 4.62. The molecule has 80 valence electrons. The third-order valence-corrected chi connectivity index (χ3v) is 2.39. The Labute approximate surface area is 91.4 Å². The van der Waals surface area contributed by atoms with Crippen molar-refractivity contribution in [3.63, 3.8) is 0 Å². The van der Waals surface area contributed by atoms with Crippen LogP contribution in [0, 0.1) is 11.3 Å². The number of hydrogen-bond donors (Lipinski definition) is 0. The van der Waals surface area contributed by atoms with Gasteiger partial charge in [-0.15, -0.1) is 0 Å². The SMILES string of the molecule is CCCCN(CC)c1ccnc(C#N)c1. The van der Waals surface area contributed by atoms with E-state index in [4.69, 9.17) is 5.26 Å². The summed E-state index contributed by atoms with van der Waals surface area (Å²) in [6.07, 6.45) is 4.06. The highest BCUT2D eigenvalue weighted by molar-refractivity contribution is 5.48. The first-order chi connectivity index (χ1) is 7.31. The summed E-state index contributed by atoms with van der Waals surface area (Å²) in [6.45, 7) is 6.32. The fourth-order valence-corrected chi connectivity index (χ4v) is 1.50. The summed E-state index contributed by atoms with van der Waals surface area (Å²) in [5.74, 6) is 0. The van der Waals surface area contributed by atoms with E-state index in [0.717, 1.165) is 18.8 Å². The minimum atomic E-state index is 0.488.